The standard InChI is InChI=1S/C31H33F3N10O2/c32-31(33,34)23-18-36-44(19-23)30(8-9-35)20-42(21-30)26-5-2-10-43-27(26)38-29(39-43)37-24-4-1-3-22(17-24)28(45)41-11-6-25(7-12-41)40-13-15-46-16-14-40/h1-5,10,17-19,25H,6-8,11-16,20-21H2,(H,37,39). The SMILES string of the molecule is N#CCC1(n2cc(C(F)(F)F)cn2)CN(c2cccn3nc(Nc4cccc(C(=O)N5CCC(N6CCOCC6)CC5)c4)nc23)C1. The highest BCUT2D eigenvalue weighted by Crippen LogP contribution is 2.39. The molecule has 3 saturated heterocycles. The average molecular weight is 635 g/mol. The van der Waals surface area contributed by atoms with E-state index in [1.54, 1.807) is 16.8 Å². The predicted octanol–water partition coefficient (Wildman–Crippen LogP) is 3.75. The third kappa shape index (κ3) is 5.74. The highest BCUT2D eigenvalue weighted by Gasteiger charge is 2.47. The predicted molar refractivity (Wildman–Crippen MR) is 162 cm³/mol. The number of pyridine rings is 1. The van der Waals surface area contributed by atoms with E-state index in [2.05, 4.69) is 31.5 Å². The zero-order valence-electron chi connectivity index (χ0n) is 25.0. The number of piperidine rings is 1. The fraction of sp³-hybridized carbons (Fsp3) is 0.452. The Balaban J connectivity index is 1.03. The smallest absolute Gasteiger partial charge is 0.379 e. The summed E-state index contributed by atoms with van der Waals surface area (Å²) >= 11 is 0. The molecule has 3 aliphatic rings. The van der Waals surface area contributed by atoms with E-state index in [0.717, 1.165) is 57.2 Å². The van der Waals surface area contributed by atoms with Gasteiger partial charge in [0.1, 0.15) is 5.54 Å². The molecule has 1 aromatic carbocycles. The number of nitriles is 1. The number of benzene rings is 1. The molecule has 1 N–H and O–H groups in total. The molecular formula is C31H33F3N10O2. The van der Waals surface area contributed by atoms with E-state index >= 15 is 0 Å². The number of carbonyl (C=O) groups is 1. The molecule has 0 atom stereocenters. The van der Waals surface area contributed by atoms with Gasteiger partial charge in [-0.05, 0) is 43.2 Å². The second kappa shape index (κ2) is 11.9. The molecule has 7 rings (SSSR count). The molecule has 15 heteroatoms. The lowest BCUT2D eigenvalue weighted by Gasteiger charge is -2.50. The van der Waals surface area contributed by atoms with Crippen LogP contribution in [0.2, 0.25) is 0 Å². The molecule has 0 saturated carbocycles. The minimum absolute atomic E-state index is 0.00599. The molecule has 0 unspecified atom stereocenters. The Morgan fingerprint density at radius 3 is 2.61 bits per heavy atom. The van der Waals surface area contributed by atoms with E-state index in [-0.39, 0.29) is 25.4 Å². The number of anilines is 3. The van der Waals surface area contributed by atoms with Gasteiger partial charge in [0.05, 0.1) is 43.2 Å². The lowest BCUT2D eigenvalue weighted by atomic mass is 9.86. The van der Waals surface area contributed by atoms with Crippen molar-refractivity contribution in [1.29, 1.82) is 5.26 Å². The Morgan fingerprint density at radius 1 is 1.11 bits per heavy atom. The van der Waals surface area contributed by atoms with E-state index < -0.39 is 17.3 Å². The van der Waals surface area contributed by atoms with Crippen molar-refractivity contribution >= 4 is 28.9 Å². The minimum atomic E-state index is -4.51. The number of rotatable bonds is 7. The number of hydrogen-bond donors (Lipinski definition) is 1. The number of fused-ring (bicyclic) bond motifs is 1. The summed E-state index contributed by atoms with van der Waals surface area (Å²) < 4.78 is 48.0. The van der Waals surface area contributed by atoms with E-state index in [0.29, 0.717) is 42.0 Å². The van der Waals surface area contributed by atoms with Crippen molar-refractivity contribution in [3.8, 4) is 6.07 Å². The first-order valence-corrected chi connectivity index (χ1v) is 15.3. The summed E-state index contributed by atoms with van der Waals surface area (Å²) in [5.74, 6) is 0.321. The summed E-state index contributed by atoms with van der Waals surface area (Å²) in [7, 11) is 0. The van der Waals surface area contributed by atoms with Crippen molar-refractivity contribution in [2.24, 2.45) is 0 Å². The molecule has 3 aliphatic heterocycles. The highest BCUT2D eigenvalue weighted by molar-refractivity contribution is 5.95. The first-order chi connectivity index (χ1) is 22.2. The number of nitrogens with zero attached hydrogens (tertiary/aromatic N) is 9. The molecule has 0 bridgehead atoms. The van der Waals surface area contributed by atoms with Gasteiger partial charge in [-0.3, -0.25) is 14.4 Å². The Labute approximate surface area is 262 Å². The number of carbonyl (C=O) groups excluding carboxylic acids is 1. The summed E-state index contributed by atoms with van der Waals surface area (Å²) in [6.45, 7) is 5.42. The van der Waals surface area contributed by atoms with Gasteiger partial charge in [0, 0.05) is 69.0 Å². The van der Waals surface area contributed by atoms with Crippen LogP contribution in [0.4, 0.5) is 30.5 Å². The zero-order valence-corrected chi connectivity index (χ0v) is 25.0. The molecule has 3 aromatic heterocycles. The maximum atomic E-state index is 13.4. The van der Waals surface area contributed by atoms with E-state index in [1.165, 1.54) is 4.68 Å². The summed E-state index contributed by atoms with van der Waals surface area (Å²) in [5.41, 5.74) is 0.782. The number of nitrogens with one attached hydrogen (secondary N) is 1. The number of morpholine rings is 1. The van der Waals surface area contributed by atoms with Crippen LogP contribution < -0.4 is 10.2 Å². The number of likely N-dealkylation sites (tertiary alicyclic amines) is 1. The van der Waals surface area contributed by atoms with Gasteiger partial charge in [-0.2, -0.15) is 28.5 Å². The summed E-state index contributed by atoms with van der Waals surface area (Å²) in [5, 5.41) is 21.2. The summed E-state index contributed by atoms with van der Waals surface area (Å²) in [6, 6.07) is 13.5. The summed E-state index contributed by atoms with van der Waals surface area (Å²) in [4.78, 5) is 24.4. The number of aromatic nitrogens is 5. The summed E-state index contributed by atoms with van der Waals surface area (Å²) in [6.07, 6.45) is 0.885. The maximum absolute atomic E-state index is 13.4. The van der Waals surface area contributed by atoms with Crippen LogP contribution in [0.3, 0.4) is 0 Å². The largest absolute Gasteiger partial charge is 0.419 e. The first kappa shape index (κ1) is 30.0. The van der Waals surface area contributed by atoms with Gasteiger partial charge in [-0.1, -0.05) is 6.07 Å². The van der Waals surface area contributed by atoms with Crippen molar-refractivity contribution in [3.05, 3.63) is 66.1 Å². The van der Waals surface area contributed by atoms with Crippen molar-refractivity contribution in [3.63, 3.8) is 0 Å². The Morgan fingerprint density at radius 2 is 1.89 bits per heavy atom. The third-order valence-corrected chi connectivity index (χ3v) is 9.14. The minimum Gasteiger partial charge on any atom is -0.379 e. The van der Waals surface area contributed by atoms with Crippen molar-refractivity contribution in [2.45, 2.75) is 37.0 Å². The number of halogens is 3. The monoisotopic (exact) mass is 634 g/mol. The van der Waals surface area contributed by atoms with Crippen LogP contribution in [0.25, 0.3) is 5.65 Å². The van der Waals surface area contributed by atoms with Gasteiger partial charge in [0.25, 0.3) is 5.91 Å². The number of amides is 1. The van der Waals surface area contributed by atoms with Crippen LogP contribution in [0.5, 0.6) is 0 Å². The molecule has 1 amide bonds. The highest BCUT2D eigenvalue weighted by atomic mass is 19.4. The molecule has 46 heavy (non-hydrogen) atoms. The van der Waals surface area contributed by atoms with Gasteiger partial charge in [0.2, 0.25) is 5.95 Å². The van der Waals surface area contributed by atoms with Crippen molar-refractivity contribution in [2.75, 3.05) is 62.7 Å². The van der Waals surface area contributed by atoms with Gasteiger partial charge < -0.3 is 19.9 Å². The average Bonchev–Trinajstić information content (AvgIpc) is 3.71. The maximum Gasteiger partial charge on any atom is 0.419 e. The molecule has 240 valence electrons. The van der Waals surface area contributed by atoms with Crippen LogP contribution in [-0.2, 0) is 16.5 Å². The quantitative estimate of drug-likeness (QED) is 0.324. The Kier molecular flexibility index (Phi) is 7.77. The molecule has 3 fully saturated rings. The fourth-order valence-corrected chi connectivity index (χ4v) is 6.66. The molecule has 0 spiro atoms. The second-order valence-corrected chi connectivity index (χ2v) is 12.1. The lowest BCUT2D eigenvalue weighted by molar-refractivity contribution is -0.137. The molecule has 0 aliphatic carbocycles. The lowest BCUT2D eigenvalue weighted by Crippen LogP contribution is -2.63. The van der Waals surface area contributed by atoms with Crippen molar-refractivity contribution < 1.29 is 22.7 Å². The number of alkyl halides is 3. The van der Waals surface area contributed by atoms with Crippen LogP contribution >= 0.6 is 0 Å². The first-order valence-electron chi connectivity index (χ1n) is 15.3. The van der Waals surface area contributed by atoms with Crippen LogP contribution in [0, 0.1) is 11.3 Å². The van der Waals surface area contributed by atoms with Gasteiger partial charge in [-0.15, -0.1) is 5.10 Å². The Bertz CT molecular complexity index is 1760. The zero-order chi connectivity index (χ0) is 31.9. The number of ether oxygens (including phenoxy) is 1. The Hall–Kier alpha value is -4.68. The number of hydrogen-bond acceptors (Lipinski definition) is 9. The van der Waals surface area contributed by atoms with E-state index in [9.17, 15) is 23.2 Å². The topological polar surface area (TPSA) is 120 Å². The fourth-order valence-electron chi connectivity index (χ4n) is 6.66. The van der Waals surface area contributed by atoms with Gasteiger partial charge in [-0.25, -0.2) is 4.52 Å². The van der Waals surface area contributed by atoms with Crippen LogP contribution in [0.15, 0.2) is 55.0 Å². The molecule has 6 heterocycles. The molecule has 0 radical (unpaired) electrons. The normalized spacial score (nSPS) is 19.2. The van der Waals surface area contributed by atoms with E-state index in [4.69, 9.17) is 4.74 Å². The molecule has 12 nitrogen and oxygen atoms in total. The van der Waals surface area contributed by atoms with Gasteiger partial charge >= 0.3 is 6.18 Å². The van der Waals surface area contributed by atoms with Crippen molar-refractivity contribution in [1.82, 2.24) is 34.2 Å². The third-order valence-electron chi connectivity index (χ3n) is 9.14. The van der Waals surface area contributed by atoms with Gasteiger partial charge in [0.15, 0.2) is 5.65 Å². The molecule has 4 aromatic rings. The van der Waals surface area contributed by atoms with E-state index in [1.807, 2.05) is 40.1 Å². The second-order valence-electron chi connectivity index (χ2n) is 12.1. The van der Waals surface area contributed by atoms with Crippen LogP contribution in [0.1, 0.15) is 35.2 Å². The molecular weight excluding hydrogens is 601 g/mol. The van der Waals surface area contributed by atoms with Crippen LogP contribution in [-0.4, -0.2) is 98.6 Å².